The molecule has 1 N–H and O–H groups in total. The molecular formula is C47H54N5O9P. The van der Waals surface area contributed by atoms with Crippen molar-refractivity contribution < 1.29 is 37.5 Å². The standard InChI is InChI=1S/C47H54N5O9P/c1-34(2)52(35(3)4)62(59-29-13-27-48)60-33-46(31-57-30-43(61-46)51-28-26-42(50-45(51)54)49-44(53)36-14-9-7-10-15-36)32-58-47(37-16-11-8-12-17-37,38-18-22-40(55-5)23-19-38)39-20-24-41(56-6)25-21-39/h7-12,14-26,28,34-35,43H,13,29-33H2,1-6H3,(H,49,50,53,54)/t43-,46-,62?/m1/s1. The lowest BCUT2D eigenvalue weighted by molar-refractivity contribution is -0.259. The molecule has 326 valence electrons. The minimum absolute atomic E-state index is 0.0113. The molecular weight excluding hydrogens is 810 g/mol. The number of methoxy groups -OCH3 is 2. The smallest absolute Gasteiger partial charge is 0.351 e. The molecule has 1 aliphatic heterocycles. The van der Waals surface area contributed by atoms with Gasteiger partial charge in [0.25, 0.3) is 14.4 Å². The summed E-state index contributed by atoms with van der Waals surface area (Å²) in [6, 6.07) is 37.7. The Labute approximate surface area is 364 Å². The third kappa shape index (κ3) is 10.9. The van der Waals surface area contributed by atoms with Crippen molar-refractivity contribution in [3.8, 4) is 17.6 Å². The highest BCUT2D eigenvalue weighted by atomic mass is 31.2. The van der Waals surface area contributed by atoms with Gasteiger partial charge in [-0.15, -0.1) is 0 Å². The number of benzene rings is 4. The lowest BCUT2D eigenvalue weighted by Crippen LogP contribution is -2.55. The Morgan fingerprint density at radius 1 is 0.871 bits per heavy atom. The maximum absolute atomic E-state index is 13.7. The van der Waals surface area contributed by atoms with Crippen LogP contribution >= 0.6 is 8.53 Å². The summed E-state index contributed by atoms with van der Waals surface area (Å²) < 4.78 is 48.3. The molecule has 1 saturated heterocycles. The molecule has 4 aromatic carbocycles. The van der Waals surface area contributed by atoms with Gasteiger partial charge in [-0.2, -0.15) is 10.2 Å². The number of carbonyl (C=O) groups is 1. The van der Waals surface area contributed by atoms with Gasteiger partial charge in [-0.05, 0) is 86.8 Å². The van der Waals surface area contributed by atoms with Gasteiger partial charge in [0, 0.05) is 23.8 Å². The number of nitrogens with one attached hydrogen (secondary N) is 1. The third-order valence-electron chi connectivity index (χ3n) is 10.3. The number of aromatic nitrogens is 2. The molecule has 0 spiro atoms. The van der Waals surface area contributed by atoms with Crippen molar-refractivity contribution in [2.45, 2.75) is 63.6 Å². The fourth-order valence-electron chi connectivity index (χ4n) is 7.31. The van der Waals surface area contributed by atoms with Crippen LogP contribution in [0.1, 0.15) is 67.4 Å². The van der Waals surface area contributed by atoms with Crippen molar-refractivity contribution in [1.29, 1.82) is 5.26 Å². The first-order chi connectivity index (χ1) is 30.0. The zero-order chi connectivity index (χ0) is 44.1. The highest BCUT2D eigenvalue weighted by Gasteiger charge is 2.46. The topological polar surface area (TPSA) is 156 Å². The molecule has 0 radical (unpaired) electrons. The second kappa shape index (κ2) is 21.5. The molecule has 1 fully saturated rings. The van der Waals surface area contributed by atoms with Gasteiger partial charge in [-0.25, -0.2) is 9.46 Å². The zero-order valence-electron chi connectivity index (χ0n) is 35.9. The van der Waals surface area contributed by atoms with Crippen LogP contribution in [0, 0.1) is 11.3 Å². The lowest BCUT2D eigenvalue weighted by Gasteiger charge is -2.45. The van der Waals surface area contributed by atoms with Gasteiger partial charge in [0.2, 0.25) is 0 Å². The van der Waals surface area contributed by atoms with Crippen molar-refractivity contribution in [3.63, 3.8) is 0 Å². The number of anilines is 1. The molecule has 62 heavy (non-hydrogen) atoms. The largest absolute Gasteiger partial charge is 0.497 e. The highest BCUT2D eigenvalue weighted by molar-refractivity contribution is 7.44. The van der Waals surface area contributed by atoms with Crippen molar-refractivity contribution in [2.24, 2.45) is 0 Å². The molecule has 3 atom stereocenters. The summed E-state index contributed by atoms with van der Waals surface area (Å²) in [6.45, 7) is 8.26. The second-order valence-electron chi connectivity index (χ2n) is 15.2. The van der Waals surface area contributed by atoms with Crippen LogP contribution in [-0.4, -0.2) is 85.1 Å². The number of hydrogen-bond acceptors (Lipinski definition) is 12. The van der Waals surface area contributed by atoms with Crippen molar-refractivity contribution >= 4 is 20.3 Å². The van der Waals surface area contributed by atoms with Crippen molar-refractivity contribution in [2.75, 3.05) is 52.6 Å². The number of amides is 1. The highest BCUT2D eigenvalue weighted by Crippen LogP contribution is 2.48. The quantitative estimate of drug-likeness (QED) is 0.0457. The summed E-state index contributed by atoms with van der Waals surface area (Å²) in [5.41, 5.74) is -0.364. The number of rotatable bonds is 20. The number of nitriles is 1. The van der Waals surface area contributed by atoms with E-state index < -0.39 is 37.6 Å². The van der Waals surface area contributed by atoms with Gasteiger partial charge >= 0.3 is 5.69 Å². The number of ether oxygens (including phenoxy) is 5. The van der Waals surface area contributed by atoms with Crippen LogP contribution in [0.3, 0.4) is 0 Å². The zero-order valence-corrected chi connectivity index (χ0v) is 36.8. The lowest BCUT2D eigenvalue weighted by atomic mass is 9.79. The van der Waals surface area contributed by atoms with E-state index in [-0.39, 0.29) is 57.4 Å². The van der Waals surface area contributed by atoms with Crippen LogP contribution in [0.2, 0.25) is 0 Å². The molecule has 5 aromatic rings. The minimum atomic E-state index is -1.72. The van der Waals surface area contributed by atoms with E-state index in [1.807, 2.05) is 84.9 Å². The molecule has 14 nitrogen and oxygen atoms in total. The fraction of sp³-hybridized carbons (Fsp3) is 0.362. The summed E-state index contributed by atoms with van der Waals surface area (Å²) in [4.78, 5) is 30.8. The molecule has 6 rings (SSSR count). The fourth-order valence-corrected chi connectivity index (χ4v) is 9.00. The molecule has 0 aliphatic carbocycles. The summed E-state index contributed by atoms with van der Waals surface area (Å²) in [5, 5.41) is 12.1. The Balaban J connectivity index is 1.42. The molecule has 1 aromatic heterocycles. The predicted molar refractivity (Wildman–Crippen MR) is 236 cm³/mol. The molecule has 1 amide bonds. The number of carbonyl (C=O) groups excluding carboxylic acids is 1. The number of hydrogen-bond donors (Lipinski definition) is 1. The third-order valence-corrected chi connectivity index (χ3v) is 12.3. The van der Waals surface area contributed by atoms with Crippen molar-refractivity contribution in [1.82, 2.24) is 14.2 Å². The first-order valence-electron chi connectivity index (χ1n) is 20.4. The maximum Gasteiger partial charge on any atom is 0.351 e. The van der Waals surface area contributed by atoms with Crippen LogP contribution in [0.5, 0.6) is 11.5 Å². The molecule has 0 bridgehead atoms. The molecule has 0 saturated carbocycles. The van der Waals surface area contributed by atoms with E-state index in [1.165, 1.54) is 16.8 Å². The van der Waals surface area contributed by atoms with Crippen LogP contribution in [0.25, 0.3) is 0 Å². The Hall–Kier alpha value is -5.49. The minimum Gasteiger partial charge on any atom is -0.497 e. The average Bonchev–Trinajstić information content (AvgIpc) is 3.29. The maximum atomic E-state index is 13.7. The van der Waals surface area contributed by atoms with Crippen molar-refractivity contribution in [3.05, 3.63) is 154 Å². The van der Waals surface area contributed by atoms with E-state index in [4.69, 9.17) is 32.7 Å². The normalized spacial score (nSPS) is 17.1. The molecule has 1 aliphatic rings. The summed E-state index contributed by atoms with van der Waals surface area (Å²) in [6.07, 6.45) is 0.727. The van der Waals surface area contributed by atoms with Gasteiger partial charge in [-0.3, -0.25) is 9.36 Å². The summed E-state index contributed by atoms with van der Waals surface area (Å²) >= 11 is 0. The molecule has 1 unspecified atom stereocenters. The van der Waals surface area contributed by atoms with Gasteiger partial charge in [0.1, 0.15) is 28.5 Å². The van der Waals surface area contributed by atoms with E-state index in [1.54, 1.807) is 38.5 Å². The second-order valence-corrected chi connectivity index (χ2v) is 16.7. The monoisotopic (exact) mass is 863 g/mol. The van der Waals surface area contributed by atoms with E-state index in [0.717, 1.165) is 16.7 Å². The van der Waals surface area contributed by atoms with E-state index in [0.29, 0.717) is 17.1 Å². The molecule has 15 heteroatoms. The van der Waals surface area contributed by atoms with E-state index in [2.05, 4.69) is 48.7 Å². The Morgan fingerprint density at radius 3 is 2.00 bits per heavy atom. The van der Waals surface area contributed by atoms with Gasteiger partial charge in [-0.1, -0.05) is 72.8 Å². The number of nitrogens with zero attached hydrogens (tertiary/aromatic N) is 4. The van der Waals surface area contributed by atoms with Crippen LogP contribution in [0.15, 0.2) is 126 Å². The van der Waals surface area contributed by atoms with Gasteiger partial charge < -0.3 is 38.0 Å². The first kappa shape index (κ1) is 46.0. The first-order valence-corrected chi connectivity index (χ1v) is 21.6. The van der Waals surface area contributed by atoms with Gasteiger partial charge in [0.05, 0.1) is 59.7 Å². The van der Waals surface area contributed by atoms with Gasteiger partial charge in [0.15, 0.2) is 6.23 Å². The van der Waals surface area contributed by atoms with Crippen LogP contribution < -0.4 is 20.5 Å². The molecule has 2 heterocycles. The Bertz CT molecular complexity index is 2230. The SMILES string of the molecule is COc1ccc(C(OC[C@@]2(COP(OCCC#N)N(C(C)C)C(C)C)COC[C@H](n3ccc(NC(=O)c4ccccc4)nc3=O)O2)(c2ccccc2)c2ccc(OC)cc2)cc1. The summed E-state index contributed by atoms with van der Waals surface area (Å²) in [7, 11) is 1.52. The summed E-state index contributed by atoms with van der Waals surface area (Å²) in [5.74, 6) is 1.04. The Morgan fingerprint density at radius 2 is 1.45 bits per heavy atom. The Kier molecular flexibility index (Phi) is 16.0. The van der Waals surface area contributed by atoms with E-state index in [9.17, 15) is 14.9 Å². The average molecular weight is 864 g/mol. The van der Waals surface area contributed by atoms with Crippen LogP contribution in [-0.2, 0) is 28.9 Å². The predicted octanol–water partition coefficient (Wildman–Crippen LogP) is 8.10. The van der Waals surface area contributed by atoms with E-state index >= 15 is 0 Å². The van der Waals surface area contributed by atoms with Crippen LogP contribution in [0.4, 0.5) is 5.82 Å².